The average molecular weight is 233 g/mol. The molecule has 0 saturated heterocycles. The molecule has 90 valence electrons. The number of Topliss-reactive ketones (excluding diaryl/α,β-unsaturated/α-hetero) is 1. The number of primary amides is 1. The predicted octanol–water partition coefficient (Wildman–Crippen LogP) is 1.33. The van der Waals surface area contributed by atoms with Crippen molar-refractivity contribution in [2.75, 3.05) is 0 Å². The Hall–Kier alpha value is -1.84. The highest BCUT2D eigenvalue weighted by Crippen LogP contribution is 2.31. The van der Waals surface area contributed by atoms with E-state index in [1.54, 1.807) is 6.07 Å². The summed E-state index contributed by atoms with van der Waals surface area (Å²) in [6, 6.07) is 3.19. The van der Waals surface area contributed by atoms with Crippen LogP contribution in [0.1, 0.15) is 40.7 Å². The van der Waals surface area contributed by atoms with Crippen LogP contribution >= 0.6 is 0 Å². The van der Waals surface area contributed by atoms with E-state index in [1.807, 2.05) is 0 Å². The van der Waals surface area contributed by atoms with Gasteiger partial charge in [0.2, 0.25) is 5.91 Å². The fraction of sp³-hybridized carbons (Fsp3) is 0.385. The third-order valence-corrected chi connectivity index (χ3v) is 3.16. The van der Waals surface area contributed by atoms with E-state index in [1.165, 1.54) is 6.07 Å². The zero-order valence-corrected chi connectivity index (χ0v) is 9.53. The number of nitrogens with two attached hydrogens (primary N) is 1. The zero-order chi connectivity index (χ0) is 12.4. The molecule has 0 bridgehead atoms. The van der Waals surface area contributed by atoms with Gasteiger partial charge in [0.1, 0.15) is 5.75 Å². The molecule has 0 atom stereocenters. The van der Waals surface area contributed by atoms with Crippen molar-refractivity contribution in [2.45, 2.75) is 32.1 Å². The molecule has 3 N–H and O–H groups in total. The van der Waals surface area contributed by atoms with Gasteiger partial charge >= 0.3 is 0 Å². The quantitative estimate of drug-likeness (QED) is 0.826. The normalized spacial score (nSPS) is 14.5. The minimum Gasteiger partial charge on any atom is -0.508 e. The lowest BCUT2D eigenvalue weighted by Gasteiger charge is -2.19. The summed E-state index contributed by atoms with van der Waals surface area (Å²) in [5.74, 6) is -0.129. The smallest absolute Gasteiger partial charge is 0.217 e. The molecule has 0 aliphatic heterocycles. The fourth-order valence-electron chi connectivity index (χ4n) is 2.31. The van der Waals surface area contributed by atoms with Crippen molar-refractivity contribution in [3.05, 3.63) is 28.8 Å². The summed E-state index contributed by atoms with van der Waals surface area (Å²) in [6.45, 7) is 0. The van der Waals surface area contributed by atoms with Crippen LogP contribution in [0, 0.1) is 0 Å². The molecule has 1 aromatic rings. The summed E-state index contributed by atoms with van der Waals surface area (Å²) >= 11 is 0. The molecule has 0 unspecified atom stereocenters. The molecule has 0 heterocycles. The maximum atomic E-state index is 11.7. The molecular weight excluding hydrogens is 218 g/mol. The van der Waals surface area contributed by atoms with E-state index in [4.69, 9.17) is 5.73 Å². The second kappa shape index (κ2) is 4.57. The number of hydrogen-bond acceptors (Lipinski definition) is 3. The molecule has 0 saturated carbocycles. The first-order valence-corrected chi connectivity index (χ1v) is 5.75. The molecule has 1 aliphatic carbocycles. The van der Waals surface area contributed by atoms with Crippen molar-refractivity contribution < 1.29 is 14.7 Å². The van der Waals surface area contributed by atoms with Gasteiger partial charge in [-0.05, 0) is 42.5 Å². The monoisotopic (exact) mass is 233 g/mol. The van der Waals surface area contributed by atoms with Crippen molar-refractivity contribution >= 4 is 11.7 Å². The molecule has 0 aromatic heterocycles. The number of fused-ring (bicyclic) bond motifs is 1. The Labute approximate surface area is 99.4 Å². The first kappa shape index (κ1) is 11.6. The summed E-state index contributed by atoms with van der Waals surface area (Å²) in [6.07, 6.45) is 2.74. The van der Waals surface area contributed by atoms with Crippen LogP contribution in [-0.2, 0) is 17.6 Å². The number of rotatable bonds is 3. The van der Waals surface area contributed by atoms with E-state index < -0.39 is 5.91 Å². The first-order valence-electron chi connectivity index (χ1n) is 5.75. The fourth-order valence-corrected chi connectivity index (χ4v) is 2.31. The molecule has 0 spiro atoms. The van der Waals surface area contributed by atoms with Gasteiger partial charge in [0.25, 0.3) is 0 Å². The van der Waals surface area contributed by atoms with E-state index in [0.717, 1.165) is 18.4 Å². The Morgan fingerprint density at radius 2 is 2.12 bits per heavy atom. The lowest BCUT2D eigenvalue weighted by molar-refractivity contribution is -0.117. The molecular formula is C13H15NO3. The number of phenols is 1. The molecule has 1 amide bonds. The molecule has 1 aliphatic rings. The largest absolute Gasteiger partial charge is 0.508 e. The van der Waals surface area contributed by atoms with E-state index in [2.05, 4.69) is 0 Å². The standard InChI is InChI=1S/C13H15NO3/c14-13(17)7-5-10-8-2-1-3-11(15)9(8)4-6-12(10)16/h4,6,16H,1-3,5,7H2,(H2,14,17). The van der Waals surface area contributed by atoms with Gasteiger partial charge in [0.05, 0.1) is 0 Å². The van der Waals surface area contributed by atoms with Crippen LogP contribution in [0.4, 0.5) is 0 Å². The molecule has 1 aromatic carbocycles. The minimum atomic E-state index is -0.399. The van der Waals surface area contributed by atoms with Crippen molar-refractivity contribution in [3.8, 4) is 5.75 Å². The molecule has 4 heteroatoms. The van der Waals surface area contributed by atoms with E-state index >= 15 is 0 Å². The van der Waals surface area contributed by atoms with Gasteiger partial charge in [-0.1, -0.05) is 0 Å². The van der Waals surface area contributed by atoms with Gasteiger partial charge < -0.3 is 10.8 Å². The average Bonchev–Trinajstić information content (AvgIpc) is 2.27. The second-order valence-electron chi connectivity index (χ2n) is 4.33. The van der Waals surface area contributed by atoms with Crippen LogP contribution in [0.5, 0.6) is 5.75 Å². The number of amides is 1. The molecule has 0 radical (unpaired) electrons. The van der Waals surface area contributed by atoms with Crippen LogP contribution < -0.4 is 5.73 Å². The number of benzene rings is 1. The highest BCUT2D eigenvalue weighted by Gasteiger charge is 2.21. The van der Waals surface area contributed by atoms with Crippen LogP contribution in [0.2, 0.25) is 0 Å². The summed E-state index contributed by atoms with van der Waals surface area (Å²) in [4.78, 5) is 22.5. The van der Waals surface area contributed by atoms with Crippen molar-refractivity contribution in [1.82, 2.24) is 0 Å². The minimum absolute atomic E-state index is 0.117. The SMILES string of the molecule is NC(=O)CCc1c(O)ccc2c1CCCC2=O. The lowest BCUT2D eigenvalue weighted by Crippen LogP contribution is -2.15. The van der Waals surface area contributed by atoms with Gasteiger partial charge in [-0.3, -0.25) is 9.59 Å². The van der Waals surface area contributed by atoms with Gasteiger partial charge in [-0.2, -0.15) is 0 Å². The number of phenolic OH excluding ortho intramolecular Hbond substituents is 1. The Morgan fingerprint density at radius 1 is 1.35 bits per heavy atom. The Kier molecular flexibility index (Phi) is 3.13. The maximum absolute atomic E-state index is 11.7. The van der Waals surface area contributed by atoms with Crippen molar-refractivity contribution in [1.29, 1.82) is 0 Å². The number of carbonyl (C=O) groups excluding carboxylic acids is 2. The van der Waals surface area contributed by atoms with E-state index in [-0.39, 0.29) is 18.0 Å². The van der Waals surface area contributed by atoms with Crippen LogP contribution in [0.3, 0.4) is 0 Å². The summed E-state index contributed by atoms with van der Waals surface area (Å²) in [7, 11) is 0. The maximum Gasteiger partial charge on any atom is 0.217 e. The first-order chi connectivity index (χ1) is 8.09. The lowest BCUT2D eigenvalue weighted by atomic mass is 9.85. The molecule has 4 nitrogen and oxygen atoms in total. The second-order valence-corrected chi connectivity index (χ2v) is 4.33. The zero-order valence-electron chi connectivity index (χ0n) is 9.53. The highest BCUT2D eigenvalue weighted by atomic mass is 16.3. The van der Waals surface area contributed by atoms with Gasteiger partial charge in [0, 0.05) is 18.4 Å². The molecule has 0 fully saturated rings. The molecule has 2 rings (SSSR count). The Balaban J connectivity index is 2.39. The summed E-state index contributed by atoms with van der Waals surface area (Å²) in [5, 5.41) is 9.80. The number of hydrogen-bond donors (Lipinski definition) is 2. The van der Waals surface area contributed by atoms with Crippen molar-refractivity contribution in [3.63, 3.8) is 0 Å². The van der Waals surface area contributed by atoms with E-state index in [9.17, 15) is 14.7 Å². The van der Waals surface area contributed by atoms with Gasteiger partial charge in [-0.15, -0.1) is 0 Å². The summed E-state index contributed by atoms with van der Waals surface area (Å²) < 4.78 is 0. The Bertz CT molecular complexity index is 480. The molecule has 17 heavy (non-hydrogen) atoms. The van der Waals surface area contributed by atoms with Gasteiger partial charge in [-0.25, -0.2) is 0 Å². The van der Waals surface area contributed by atoms with Gasteiger partial charge in [0.15, 0.2) is 5.78 Å². The highest BCUT2D eigenvalue weighted by molar-refractivity contribution is 5.99. The van der Waals surface area contributed by atoms with Crippen LogP contribution in [0.15, 0.2) is 12.1 Å². The topological polar surface area (TPSA) is 80.4 Å². The van der Waals surface area contributed by atoms with Crippen LogP contribution in [-0.4, -0.2) is 16.8 Å². The third kappa shape index (κ3) is 2.30. The van der Waals surface area contributed by atoms with Crippen LogP contribution in [0.25, 0.3) is 0 Å². The summed E-state index contributed by atoms with van der Waals surface area (Å²) in [5.41, 5.74) is 7.39. The van der Waals surface area contributed by atoms with E-state index in [0.29, 0.717) is 24.0 Å². The third-order valence-electron chi connectivity index (χ3n) is 3.16. The van der Waals surface area contributed by atoms with Crippen molar-refractivity contribution in [2.24, 2.45) is 5.73 Å². The number of carbonyl (C=O) groups is 2. The Morgan fingerprint density at radius 3 is 2.82 bits per heavy atom. The number of ketones is 1. The number of aromatic hydroxyl groups is 1. The predicted molar refractivity (Wildman–Crippen MR) is 62.9 cm³/mol.